The second-order valence-electron chi connectivity index (χ2n) is 9.99. The standard InChI is InChI=1S/C22H36N2O3/c1-11-23-19(25)27-18-16(20(2,3)4)12-15(13-17(18)21(5,6)7)14-24(26)22(8,9)10/h12-14H,11H2,1-10H3,(H,23,25)/b24-14+. The lowest BCUT2D eigenvalue weighted by Gasteiger charge is -2.29. The third-order valence-electron chi connectivity index (χ3n) is 4.17. The summed E-state index contributed by atoms with van der Waals surface area (Å²) in [5.41, 5.74) is 1.55. The summed E-state index contributed by atoms with van der Waals surface area (Å²) in [4.78, 5) is 12.2. The number of hydroxylamine groups is 1. The van der Waals surface area contributed by atoms with Crippen molar-refractivity contribution >= 4 is 12.3 Å². The molecule has 5 heteroatoms. The highest BCUT2D eigenvalue weighted by Crippen LogP contribution is 2.40. The Morgan fingerprint density at radius 2 is 1.48 bits per heavy atom. The molecule has 0 fully saturated rings. The molecule has 0 aliphatic heterocycles. The van der Waals surface area contributed by atoms with Crippen molar-refractivity contribution in [3.05, 3.63) is 34.0 Å². The lowest BCUT2D eigenvalue weighted by molar-refractivity contribution is -0.530. The highest BCUT2D eigenvalue weighted by molar-refractivity contribution is 5.79. The van der Waals surface area contributed by atoms with E-state index in [1.165, 1.54) is 0 Å². The van der Waals surface area contributed by atoms with Crippen molar-refractivity contribution in [1.29, 1.82) is 0 Å². The second-order valence-corrected chi connectivity index (χ2v) is 9.99. The van der Waals surface area contributed by atoms with Crippen LogP contribution in [-0.4, -0.2) is 29.1 Å². The highest BCUT2D eigenvalue weighted by Gasteiger charge is 2.30. The van der Waals surface area contributed by atoms with Gasteiger partial charge in [0.25, 0.3) is 0 Å². The van der Waals surface area contributed by atoms with Gasteiger partial charge in [-0.15, -0.1) is 0 Å². The minimum absolute atomic E-state index is 0.263. The maximum Gasteiger partial charge on any atom is 0.412 e. The molecular weight excluding hydrogens is 340 g/mol. The Morgan fingerprint density at radius 3 is 1.81 bits per heavy atom. The van der Waals surface area contributed by atoms with Crippen LogP contribution in [0.4, 0.5) is 4.79 Å². The Morgan fingerprint density at radius 1 is 1.04 bits per heavy atom. The van der Waals surface area contributed by atoms with Gasteiger partial charge in [-0.3, -0.25) is 0 Å². The minimum atomic E-state index is -0.528. The van der Waals surface area contributed by atoms with Crippen LogP contribution < -0.4 is 10.1 Å². The maximum atomic E-state index is 12.5. The van der Waals surface area contributed by atoms with Crippen LogP contribution in [0.15, 0.2) is 12.1 Å². The fourth-order valence-corrected chi connectivity index (χ4v) is 2.55. The lowest BCUT2D eigenvalue weighted by atomic mass is 9.78. The zero-order valence-corrected chi connectivity index (χ0v) is 18.6. The largest absolute Gasteiger partial charge is 0.623 e. The van der Waals surface area contributed by atoms with Gasteiger partial charge in [0.2, 0.25) is 0 Å². The molecule has 0 aliphatic rings. The molecule has 5 nitrogen and oxygen atoms in total. The Hall–Kier alpha value is -2.04. The Kier molecular flexibility index (Phi) is 6.74. The molecule has 0 heterocycles. The first-order valence-electron chi connectivity index (χ1n) is 9.53. The summed E-state index contributed by atoms with van der Waals surface area (Å²) in [6.07, 6.45) is 1.14. The van der Waals surface area contributed by atoms with E-state index in [2.05, 4.69) is 46.9 Å². The van der Waals surface area contributed by atoms with Gasteiger partial charge in [-0.1, -0.05) is 41.5 Å². The summed E-state index contributed by atoms with van der Waals surface area (Å²) in [7, 11) is 0. The van der Waals surface area contributed by atoms with E-state index in [4.69, 9.17) is 4.74 Å². The Balaban J connectivity index is 3.74. The summed E-state index contributed by atoms with van der Waals surface area (Å²) in [5.74, 6) is 0.575. The highest BCUT2D eigenvalue weighted by atomic mass is 16.6. The SMILES string of the molecule is CCNC(=O)Oc1c(C(C)(C)C)cc(/C=[N+](/[O-])C(C)(C)C)cc1C(C)(C)C. The fraction of sp³-hybridized carbons (Fsp3) is 0.636. The van der Waals surface area contributed by atoms with Crippen molar-refractivity contribution in [1.82, 2.24) is 5.32 Å². The lowest BCUT2D eigenvalue weighted by Crippen LogP contribution is -2.30. The quantitative estimate of drug-likeness (QED) is 0.345. The van der Waals surface area contributed by atoms with Gasteiger partial charge in [0.05, 0.1) is 0 Å². The van der Waals surface area contributed by atoms with Crippen LogP contribution >= 0.6 is 0 Å². The molecule has 1 amide bonds. The zero-order valence-electron chi connectivity index (χ0n) is 18.6. The number of hydrogen-bond donors (Lipinski definition) is 1. The second kappa shape index (κ2) is 7.91. The van der Waals surface area contributed by atoms with Gasteiger partial charge < -0.3 is 15.3 Å². The van der Waals surface area contributed by atoms with Gasteiger partial charge in [0.15, 0.2) is 11.8 Å². The summed E-state index contributed by atoms with van der Waals surface area (Å²) in [6, 6.07) is 3.89. The van der Waals surface area contributed by atoms with Crippen LogP contribution in [0.5, 0.6) is 5.75 Å². The molecule has 1 rings (SSSR count). The van der Waals surface area contributed by atoms with Crippen molar-refractivity contribution in [2.24, 2.45) is 0 Å². The van der Waals surface area contributed by atoms with E-state index in [1.54, 1.807) is 6.21 Å². The van der Waals surface area contributed by atoms with E-state index in [-0.39, 0.29) is 10.8 Å². The average molecular weight is 377 g/mol. The molecule has 27 heavy (non-hydrogen) atoms. The summed E-state index contributed by atoms with van der Waals surface area (Å²) < 4.78 is 6.71. The molecule has 0 atom stereocenters. The number of benzene rings is 1. The molecule has 0 bridgehead atoms. The van der Waals surface area contributed by atoms with E-state index >= 15 is 0 Å². The van der Waals surface area contributed by atoms with E-state index < -0.39 is 11.6 Å². The van der Waals surface area contributed by atoms with E-state index in [0.717, 1.165) is 21.4 Å². The average Bonchev–Trinajstić information content (AvgIpc) is 2.45. The number of ether oxygens (including phenoxy) is 1. The van der Waals surface area contributed by atoms with Crippen LogP contribution in [-0.2, 0) is 10.8 Å². The van der Waals surface area contributed by atoms with Crippen molar-refractivity contribution in [2.75, 3.05) is 6.54 Å². The summed E-state index contributed by atoms with van der Waals surface area (Å²) in [6.45, 7) is 20.4. The van der Waals surface area contributed by atoms with Gasteiger partial charge in [-0.2, -0.15) is 0 Å². The molecule has 1 N–H and O–H groups in total. The van der Waals surface area contributed by atoms with Crippen molar-refractivity contribution in [2.45, 2.75) is 85.6 Å². The first-order valence-corrected chi connectivity index (χ1v) is 9.53. The van der Waals surface area contributed by atoms with E-state index in [0.29, 0.717) is 12.3 Å². The monoisotopic (exact) mass is 376 g/mol. The maximum absolute atomic E-state index is 12.5. The first kappa shape index (κ1) is 23.0. The van der Waals surface area contributed by atoms with Crippen LogP contribution in [0.2, 0.25) is 0 Å². The first-order chi connectivity index (χ1) is 12.1. The summed E-state index contributed by atoms with van der Waals surface area (Å²) in [5, 5.41) is 15.2. The molecule has 1 aromatic rings. The molecule has 1 aromatic carbocycles. The summed E-state index contributed by atoms with van der Waals surface area (Å²) >= 11 is 0. The number of rotatable bonds is 3. The number of nitrogens with zero attached hydrogens (tertiary/aromatic N) is 1. The molecular formula is C22H36N2O3. The number of hydrogen-bond acceptors (Lipinski definition) is 3. The van der Waals surface area contributed by atoms with Crippen molar-refractivity contribution in [3.63, 3.8) is 0 Å². The Labute approximate surface area is 164 Å². The number of nitrogens with one attached hydrogen (secondary N) is 1. The van der Waals surface area contributed by atoms with Gasteiger partial charge in [-0.25, -0.2) is 9.53 Å². The predicted molar refractivity (Wildman–Crippen MR) is 112 cm³/mol. The van der Waals surface area contributed by atoms with Gasteiger partial charge >= 0.3 is 6.09 Å². The number of amides is 1. The molecule has 152 valence electrons. The molecule has 0 aliphatic carbocycles. The van der Waals surface area contributed by atoms with Gasteiger partial charge in [0.1, 0.15) is 5.75 Å². The third kappa shape index (κ3) is 6.26. The smallest absolute Gasteiger partial charge is 0.412 e. The Bertz CT molecular complexity index is 680. The number of carbonyl (C=O) groups is 1. The minimum Gasteiger partial charge on any atom is -0.623 e. The topological polar surface area (TPSA) is 64.4 Å². The molecule has 0 saturated carbocycles. The predicted octanol–water partition coefficient (Wildman–Crippen LogP) is 5.12. The van der Waals surface area contributed by atoms with Crippen molar-refractivity contribution < 1.29 is 14.3 Å². The van der Waals surface area contributed by atoms with Gasteiger partial charge in [-0.05, 0) is 29.9 Å². The van der Waals surface area contributed by atoms with E-state index in [9.17, 15) is 10.0 Å². The van der Waals surface area contributed by atoms with E-state index in [1.807, 2.05) is 39.8 Å². The number of carbonyl (C=O) groups excluding carboxylic acids is 1. The normalized spacial score (nSPS) is 13.5. The zero-order chi connectivity index (χ0) is 21.2. The molecule has 0 spiro atoms. The van der Waals surface area contributed by atoms with Crippen LogP contribution in [0.3, 0.4) is 0 Å². The van der Waals surface area contributed by atoms with Crippen LogP contribution in [0.25, 0.3) is 0 Å². The third-order valence-corrected chi connectivity index (χ3v) is 4.17. The fourth-order valence-electron chi connectivity index (χ4n) is 2.55. The van der Waals surface area contributed by atoms with Crippen LogP contribution in [0, 0.1) is 5.21 Å². The molecule has 0 unspecified atom stereocenters. The van der Waals surface area contributed by atoms with Gasteiger partial charge in [0, 0.05) is 44.0 Å². The van der Waals surface area contributed by atoms with Crippen molar-refractivity contribution in [3.8, 4) is 5.75 Å². The van der Waals surface area contributed by atoms with Crippen LogP contribution in [0.1, 0.15) is 85.9 Å². The molecule has 0 aromatic heterocycles. The molecule has 0 radical (unpaired) electrons. The molecule has 0 saturated heterocycles.